The first-order chi connectivity index (χ1) is 11.8. The molecule has 25 heavy (non-hydrogen) atoms. The average Bonchev–Trinajstić information content (AvgIpc) is 2.54. The molecule has 1 aromatic carbocycles. The number of nitrogens with one attached hydrogen (secondary N) is 2. The van der Waals surface area contributed by atoms with Crippen molar-refractivity contribution in [3.63, 3.8) is 0 Å². The molecule has 0 fully saturated rings. The van der Waals surface area contributed by atoms with Crippen LogP contribution in [0.5, 0.6) is 5.75 Å². The molecule has 2 aromatic rings. The molecule has 0 spiro atoms. The first-order valence-corrected chi connectivity index (χ1v) is 8.13. The summed E-state index contributed by atoms with van der Waals surface area (Å²) in [5, 5.41) is 6.10. The van der Waals surface area contributed by atoms with Gasteiger partial charge >= 0.3 is 5.63 Å². The minimum absolute atomic E-state index is 0.212. The van der Waals surface area contributed by atoms with Crippen molar-refractivity contribution in [1.29, 1.82) is 0 Å². The number of halogens is 1. The van der Waals surface area contributed by atoms with E-state index in [1.807, 2.05) is 0 Å². The monoisotopic (exact) mass is 366 g/mol. The molecular formula is C17H19ClN2O5. The molecule has 0 bridgehead atoms. The van der Waals surface area contributed by atoms with E-state index in [1.165, 1.54) is 12.1 Å². The second kappa shape index (κ2) is 8.02. The third-order valence-corrected chi connectivity index (χ3v) is 3.78. The van der Waals surface area contributed by atoms with Crippen molar-refractivity contribution in [1.82, 2.24) is 10.6 Å². The maximum atomic E-state index is 11.9. The second-order valence-corrected chi connectivity index (χ2v) is 5.91. The third-order valence-electron chi connectivity index (χ3n) is 3.48. The summed E-state index contributed by atoms with van der Waals surface area (Å²) in [6, 6.07) is 3.77. The Labute approximate surface area is 149 Å². The third kappa shape index (κ3) is 4.73. The van der Waals surface area contributed by atoms with Crippen molar-refractivity contribution in [2.45, 2.75) is 26.8 Å². The molecule has 0 unspecified atom stereocenters. The number of carbonyl (C=O) groups excluding carboxylic acids is 2. The lowest BCUT2D eigenvalue weighted by Gasteiger charge is -2.14. The maximum absolute atomic E-state index is 11.9. The smallest absolute Gasteiger partial charge is 0.336 e. The lowest BCUT2D eigenvalue weighted by molar-refractivity contribution is -0.129. The van der Waals surface area contributed by atoms with Gasteiger partial charge in [0.1, 0.15) is 17.4 Å². The van der Waals surface area contributed by atoms with E-state index in [1.54, 1.807) is 26.8 Å². The normalized spacial score (nSPS) is 11.8. The van der Waals surface area contributed by atoms with Gasteiger partial charge in [0.15, 0.2) is 6.61 Å². The van der Waals surface area contributed by atoms with Crippen LogP contribution in [0.15, 0.2) is 27.4 Å². The van der Waals surface area contributed by atoms with E-state index in [9.17, 15) is 14.4 Å². The molecule has 0 aliphatic heterocycles. The molecule has 2 N–H and O–H groups in total. The summed E-state index contributed by atoms with van der Waals surface area (Å²) in [5.74, 6) is -0.541. The van der Waals surface area contributed by atoms with Gasteiger partial charge in [0.05, 0.1) is 5.02 Å². The topological polar surface area (TPSA) is 97.6 Å². The van der Waals surface area contributed by atoms with Crippen molar-refractivity contribution in [2.75, 3.05) is 13.2 Å². The van der Waals surface area contributed by atoms with Crippen LogP contribution in [-0.4, -0.2) is 31.0 Å². The first kappa shape index (κ1) is 18.8. The zero-order valence-electron chi connectivity index (χ0n) is 14.1. The summed E-state index contributed by atoms with van der Waals surface area (Å²) in [6.45, 7) is 5.28. The largest absolute Gasteiger partial charge is 0.482 e. The van der Waals surface area contributed by atoms with E-state index in [0.29, 0.717) is 17.5 Å². The fraction of sp³-hybridized carbons (Fsp3) is 0.353. The molecule has 2 amide bonds. The predicted molar refractivity (Wildman–Crippen MR) is 94.0 cm³/mol. The lowest BCUT2D eigenvalue weighted by Crippen LogP contribution is -2.46. The fourth-order valence-electron chi connectivity index (χ4n) is 2.25. The summed E-state index contributed by atoms with van der Waals surface area (Å²) in [5.41, 5.74) is 0.570. The van der Waals surface area contributed by atoms with Gasteiger partial charge in [-0.2, -0.15) is 0 Å². The Morgan fingerprint density at radius 1 is 1.32 bits per heavy atom. The predicted octanol–water partition coefficient (Wildman–Crippen LogP) is 1.77. The van der Waals surface area contributed by atoms with E-state index in [-0.39, 0.29) is 23.3 Å². The van der Waals surface area contributed by atoms with Gasteiger partial charge in [0, 0.05) is 24.1 Å². The Hall–Kier alpha value is -2.54. The quantitative estimate of drug-likeness (QED) is 0.759. The van der Waals surface area contributed by atoms with Gasteiger partial charge in [0.25, 0.3) is 5.91 Å². The molecule has 0 saturated carbocycles. The van der Waals surface area contributed by atoms with Gasteiger partial charge in [0.2, 0.25) is 5.91 Å². The molecule has 0 radical (unpaired) electrons. The van der Waals surface area contributed by atoms with Crippen molar-refractivity contribution in [3.05, 3.63) is 39.2 Å². The summed E-state index contributed by atoms with van der Waals surface area (Å²) in [7, 11) is 0. The van der Waals surface area contributed by atoms with Crippen molar-refractivity contribution >= 4 is 34.4 Å². The second-order valence-electron chi connectivity index (χ2n) is 5.50. The zero-order valence-corrected chi connectivity index (χ0v) is 14.9. The van der Waals surface area contributed by atoms with Crippen molar-refractivity contribution in [3.8, 4) is 5.75 Å². The Kier molecular flexibility index (Phi) is 6.03. The molecule has 8 heteroatoms. The number of ether oxygens (including phenoxy) is 1. The van der Waals surface area contributed by atoms with E-state index >= 15 is 0 Å². The highest BCUT2D eigenvalue weighted by Crippen LogP contribution is 2.30. The molecule has 7 nitrogen and oxygen atoms in total. The minimum atomic E-state index is -0.677. The van der Waals surface area contributed by atoms with E-state index in [0.717, 1.165) is 5.56 Å². The maximum Gasteiger partial charge on any atom is 0.336 e. The number of aryl methyl sites for hydroxylation is 1. The highest BCUT2D eigenvalue weighted by atomic mass is 35.5. The van der Waals surface area contributed by atoms with Crippen LogP contribution in [0, 0.1) is 6.92 Å². The number of carbonyl (C=O) groups is 2. The number of fused-ring (bicyclic) bond motifs is 1. The van der Waals surface area contributed by atoms with Crippen LogP contribution in [-0.2, 0) is 9.59 Å². The molecule has 1 atom stereocenters. The van der Waals surface area contributed by atoms with Gasteiger partial charge in [-0.25, -0.2) is 4.79 Å². The van der Waals surface area contributed by atoms with Crippen molar-refractivity contribution < 1.29 is 18.7 Å². The molecule has 0 saturated heterocycles. The molecule has 134 valence electrons. The Morgan fingerprint density at radius 2 is 2.04 bits per heavy atom. The van der Waals surface area contributed by atoms with Gasteiger partial charge in [-0.3, -0.25) is 9.59 Å². The number of amides is 2. The summed E-state index contributed by atoms with van der Waals surface area (Å²) in [6.07, 6.45) is 0. The van der Waals surface area contributed by atoms with Crippen LogP contribution in [0.25, 0.3) is 11.0 Å². The van der Waals surface area contributed by atoms with E-state index < -0.39 is 17.6 Å². The highest BCUT2D eigenvalue weighted by Gasteiger charge is 2.16. The summed E-state index contributed by atoms with van der Waals surface area (Å²) in [4.78, 5) is 34.9. The first-order valence-electron chi connectivity index (χ1n) is 7.75. The minimum Gasteiger partial charge on any atom is -0.482 e. The Morgan fingerprint density at radius 3 is 2.72 bits per heavy atom. The molecule has 2 rings (SSSR count). The van der Waals surface area contributed by atoms with Crippen LogP contribution in [0.1, 0.15) is 19.4 Å². The lowest BCUT2D eigenvalue weighted by atomic mass is 10.1. The van der Waals surface area contributed by atoms with E-state index in [4.69, 9.17) is 20.8 Å². The van der Waals surface area contributed by atoms with Gasteiger partial charge in [-0.05, 0) is 32.4 Å². The Balaban J connectivity index is 2.08. The Bertz CT molecular complexity index is 862. The van der Waals surface area contributed by atoms with Gasteiger partial charge in [-0.1, -0.05) is 11.6 Å². The molecule has 1 aromatic heterocycles. The molecule has 0 aliphatic carbocycles. The van der Waals surface area contributed by atoms with Crippen LogP contribution in [0.2, 0.25) is 5.02 Å². The van der Waals surface area contributed by atoms with Crippen LogP contribution in [0.4, 0.5) is 0 Å². The number of hydrogen-bond acceptors (Lipinski definition) is 5. The summed E-state index contributed by atoms with van der Waals surface area (Å²) < 4.78 is 10.5. The standard InChI is InChI=1S/C17H19ClN2O5/c1-4-19-17(23)10(3)20-15(21)8-24-14-7-13-11(6-12(14)18)9(2)5-16(22)25-13/h5-7,10H,4,8H2,1-3H3,(H,19,23)(H,20,21)/t10-/m0/s1. The zero-order chi connectivity index (χ0) is 18.6. The molecule has 0 aliphatic rings. The van der Waals surface area contributed by atoms with Crippen molar-refractivity contribution in [2.24, 2.45) is 0 Å². The number of hydrogen-bond donors (Lipinski definition) is 2. The fourth-order valence-corrected chi connectivity index (χ4v) is 2.47. The highest BCUT2D eigenvalue weighted by molar-refractivity contribution is 6.32. The van der Waals surface area contributed by atoms with Crippen LogP contribution in [0.3, 0.4) is 0 Å². The van der Waals surface area contributed by atoms with Crippen LogP contribution < -0.4 is 21.0 Å². The number of benzene rings is 1. The van der Waals surface area contributed by atoms with E-state index in [2.05, 4.69) is 10.6 Å². The van der Waals surface area contributed by atoms with Gasteiger partial charge in [-0.15, -0.1) is 0 Å². The number of likely N-dealkylation sites (N-methyl/N-ethyl adjacent to an activating group) is 1. The summed E-state index contributed by atoms with van der Waals surface area (Å²) >= 11 is 6.16. The molecule has 1 heterocycles. The van der Waals surface area contributed by atoms with Gasteiger partial charge < -0.3 is 19.8 Å². The molecular weight excluding hydrogens is 348 g/mol. The average molecular weight is 367 g/mol. The van der Waals surface area contributed by atoms with Crippen LogP contribution >= 0.6 is 11.6 Å². The number of rotatable bonds is 6. The SMILES string of the molecule is CCNC(=O)[C@H](C)NC(=O)COc1cc2oc(=O)cc(C)c2cc1Cl.